The predicted octanol–water partition coefficient (Wildman–Crippen LogP) is 5.95. The van der Waals surface area contributed by atoms with E-state index in [1.807, 2.05) is 31.3 Å². The van der Waals surface area contributed by atoms with E-state index >= 15 is 0 Å². The molecule has 0 saturated carbocycles. The Morgan fingerprint density at radius 1 is 1.08 bits per heavy atom. The fourth-order valence-corrected chi connectivity index (χ4v) is 5.24. The number of carbonyl (C=O) groups excluding carboxylic acids is 1. The highest BCUT2D eigenvalue weighted by molar-refractivity contribution is 6.03. The number of benzene rings is 2. The van der Waals surface area contributed by atoms with Gasteiger partial charge in [0.25, 0.3) is 0 Å². The highest BCUT2D eigenvalue weighted by Crippen LogP contribution is 2.43. The van der Waals surface area contributed by atoms with Crippen LogP contribution in [0.3, 0.4) is 0 Å². The van der Waals surface area contributed by atoms with E-state index in [1.165, 1.54) is 17.0 Å². The van der Waals surface area contributed by atoms with Gasteiger partial charge in [-0.05, 0) is 38.8 Å². The number of nitrogens with zero attached hydrogens (tertiary/aromatic N) is 1. The van der Waals surface area contributed by atoms with Gasteiger partial charge in [-0.2, -0.15) is 4.58 Å². The van der Waals surface area contributed by atoms with E-state index in [-0.39, 0.29) is 17.7 Å². The van der Waals surface area contributed by atoms with Crippen molar-refractivity contribution in [2.75, 3.05) is 31.7 Å². The van der Waals surface area contributed by atoms with Gasteiger partial charge in [0, 0.05) is 36.0 Å². The lowest BCUT2D eigenvalue weighted by atomic mass is 9.75. The van der Waals surface area contributed by atoms with Gasteiger partial charge < -0.3 is 19.5 Å². The predicted molar refractivity (Wildman–Crippen MR) is 143 cm³/mol. The van der Waals surface area contributed by atoms with Crippen molar-refractivity contribution in [1.82, 2.24) is 0 Å². The van der Waals surface area contributed by atoms with E-state index in [1.54, 1.807) is 0 Å². The molecule has 0 spiro atoms. The molecular weight excluding hydrogens is 452 g/mol. The highest BCUT2D eigenvalue weighted by atomic mass is 16.7. The van der Waals surface area contributed by atoms with Crippen LogP contribution < -0.4 is 5.32 Å². The Morgan fingerprint density at radius 3 is 2.61 bits per heavy atom. The van der Waals surface area contributed by atoms with Crippen LogP contribution in [0.2, 0.25) is 0 Å². The fraction of sp³-hybridized carbons (Fsp3) is 0.467. The lowest BCUT2D eigenvalue weighted by molar-refractivity contribution is -0.442. The number of hydrogen-bond donors (Lipinski definition) is 1. The Labute approximate surface area is 215 Å². The van der Waals surface area contributed by atoms with E-state index in [0.717, 1.165) is 44.3 Å². The van der Waals surface area contributed by atoms with Gasteiger partial charge in [-0.25, -0.2) is 0 Å². The van der Waals surface area contributed by atoms with Crippen molar-refractivity contribution in [2.24, 2.45) is 0 Å². The van der Waals surface area contributed by atoms with Gasteiger partial charge in [0.15, 0.2) is 18.5 Å². The standard InChI is InChI=1S/C30H38N2O4/c1-3-34-28(33)16-8-5-11-19-30(2)25-14-9-10-15-26(25)32(21-18-29-35-22-23-36-29)27(30)17-20-31-24-12-6-4-7-13-24/h4,6-7,9-10,12-15,17,20,29H,3,5,8,11,16,18-19,21-23H2,1-2H3/p+1. The topological polar surface area (TPSA) is 59.8 Å². The van der Waals surface area contributed by atoms with Crippen molar-refractivity contribution in [2.45, 2.75) is 64.1 Å². The second kappa shape index (κ2) is 12.8. The minimum absolute atomic E-state index is 0.0976. The minimum atomic E-state index is -0.139. The van der Waals surface area contributed by atoms with Crippen molar-refractivity contribution in [1.29, 1.82) is 0 Å². The number of hydrogen-bond acceptors (Lipinski definition) is 5. The van der Waals surface area contributed by atoms with Crippen LogP contribution in [0.15, 0.2) is 66.9 Å². The Bertz CT molecular complexity index is 1060. The van der Waals surface area contributed by atoms with Gasteiger partial charge in [-0.3, -0.25) is 4.79 Å². The summed E-state index contributed by atoms with van der Waals surface area (Å²) in [7, 11) is 0. The summed E-state index contributed by atoms with van der Waals surface area (Å²) in [5.41, 5.74) is 4.81. The van der Waals surface area contributed by atoms with Crippen molar-refractivity contribution >= 4 is 23.1 Å². The zero-order valence-electron chi connectivity index (χ0n) is 21.6. The number of rotatable bonds is 13. The van der Waals surface area contributed by atoms with Crippen LogP contribution in [0.5, 0.6) is 0 Å². The Balaban J connectivity index is 1.54. The van der Waals surface area contributed by atoms with Crippen LogP contribution in [0.1, 0.15) is 57.9 Å². The molecule has 6 heteroatoms. The number of nitrogens with one attached hydrogen (secondary N) is 1. The normalized spacial score (nSPS) is 19.7. The van der Waals surface area contributed by atoms with Crippen LogP contribution in [0.4, 0.5) is 11.4 Å². The van der Waals surface area contributed by atoms with E-state index in [4.69, 9.17) is 14.2 Å². The molecule has 0 bridgehead atoms. The summed E-state index contributed by atoms with van der Waals surface area (Å²) in [4.78, 5) is 11.7. The van der Waals surface area contributed by atoms with Crippen molar-refractivity contribution in [3.8, 4) is 0 Å². The average Bonchev–Trinajstić information content (AvgIpc) is 3.49. The lowest BCUT2D eigenvalue weighted by Gasteiger charge is -2.22. The number of ether oxygens (including phenoxy) is 3. The summed E-state index contributed by atoms with van der Waals surface area (Å²) < 4.78 is 19.0. The summed E-state index contributed by atoms with van der Waals surface area (Å²) >= 11 is 0. The van der Waals surface area contributed by atoms with Crippen molar-refractivity contribution in [3.05, 3.63) is 72.4 Å². The maximum atomic E-state index is 11.7. The summed E-state index contributed by atoms with van der Waals surface area (Å²) in [6.45, 7) is 6.81. The Hall–Kier alpha value is -2.96. The molecule has 1 N–H and O–H groups in total. The quantitative estimate of drug-likeness (QED) is 0.213. The molecule has 2 heterocycles. The number of carbonyl (C=O) groups is 1. The van der Waals surface area contributed by atoms with Gasteiger partial charge in [0.05, 0.1) is 31.7 Å². The lowest BCUT2D eigenvalue weighted by Crippen LogP contribution is -2.32. The number of allylic oxidation sites excluding steroid dienone is 1. The molecule has 1 atom stereocenters. The van der Waals surface area contributed by atoms with E-state index < -0.39 is 0 Å². The maximum absolute atomic E-state index is 11.7. The Kier molecular flexibility index (Phi) is 9.31. The second-order valence-electron chi connectivity index (χ2n) is 9.56. The summed E-state index contributed by atoms with van der Waals surface area (Å²) in [6, 6.07) is 18.9. The second-order valence-corrected chi connectivity index (χ2v) is 9.56. The summed E-state index contributed by atoms with van der Waals surface area (Å²) in [5.74, 6) is -0.0976. The smallest absolute Gasteiger partial charge is 0.305 e. The number of esters is 1. The number of unbranched alkanes of at least 4 members (excludes halogenated alkanes) is 2. The monoisotopic (exact) mass is 491 g/mol. The van der Waals surface area contributed by atoms with Gasteiger partial charge >= 0.3 is 5.97 Å². The first-order valence-electron chi connectivity index (χ1n) is 13.2. The molecule has 192 valence electrons. The van der Waals surface area contributed by atoms with Crippen LogP contribution in [-0.2, 0) is 24.4 Å². The molecule has 0 aromatic heterocycles. The molecule has 2 aromatic carbocycles. The zero-order chi connectivity index (χ0) is 25.2. The molecule has 2 aliphatic rings. The first kappa shape index (κ1) is 26.1. The van der Waals surface area contributed by atoms with Gasteiger partial charge in [0.1, 0.15) is 0 Å². The first-order chi connectivity index (χ1) is 17.6. The van der Waals surface area contributed by atoms with Gasteiger partial charge in [-0.15, -0.1) is 0 Å². The molecule has 1 saturated heterocycles. The van der Waals surface area contributed by atoms with Crippen LogP contribution in [0, 0.1) is 0 Å². The zero-order valence-corrected chi connectivity index (χ0v) is 21.6. The fourth-order valence-electron chi connectivity index (χ4n) is 5.24. The van der Waals surface area contributed by atoms with Gasteiger partial charge in [0.2, 0.25) is 5.69 Å². The van der Waals surface area contributed by atoms with Gasteiger partial charge in [-0.1, -0.05) is 49.2 Å². The molecule has 0 amide bonds. The third-order valence-corrected chi connectivity index (χ3v) is 7.05. The molecule has 1 fully saturated rings. The van der Waals surface area contributed by atoms with Crippen LogP contribution in [-0.4, -0.2) is 48.9 Å². The SMILES string of the molecule is CCOC(=O)CCCCCC1(C)C(/C=C/Nc2ccccc2)=[N+](CCC2OCCO2)c2ccccc21. The van der Waals surface area contributed by atoms with E-state index in [2.05, 4.69) is 59.3 Å². The first-order valence-corrected chi connectivity index (χ1v) is 13.2. The molecule has 0 aliphatic carbocycles. The van der Waals surface area contributed by atoms with Crippen LogP contribution in [0.25, 0.3) is 0 Å². The van der Waals surface area contributed by atoms with E-state index in [0.29, 0.717) is 26.2 Å². The molecule has 1 unspecified atom stereocenters. The summed E-state index contributed by atoms with van der Waals surface area (Å²) in [5, 5.41) is 3.43. The largest absolute Gasteiger partial charge is 0.466 e. The highest BCUT2D eigenvalue weighted by Gasteiger charge is 2.47. The molecule has 4 rings (SSSR count). The molecule has 2 aromatic rings. The van der Waals surface area contributed by atoms with E-state index in [9.17, 15) is 4.79 Å². The summed E-state index contributed by atoms with van der Waals surface area (Å²) in [6.07, 6.45) is 9.34. The number of para-hydroxylation sites is 2. The molecule has 6 nitrogen and oxygen atoms in total. The van der Waals surface area contributed by atoms with Crippen LogP contribution >= 0.6 is 0 Å². The average molecular weight is 492 g/mol. The van der Waals surface area contributed by atoms with Crippen molar-refractivity contribution < 1.29 is 23.6 Å². The molecule has 0 radical (unpaired) electrons. The number of fused-ring (bicyclic) bond motifs is 1. The third-order valence-electron chi connectivity index (χ3n) is 7.05. The molecule has 2 aliphatic heterocycles. The van der Waals surface area contributed by atoms with Crippen molar-refractivity contribution in [3.63, 3.8) is 0 Å². The Morgan fingerprint density at radius 2 is 1.83 bits per heavy atom. The minimum Gasteiger partial charge on any atom is -0.466 e. The number of anilines is 1. The third kappa shape index (κ3) is 6.42. The molecule has 36 heavy (non-hydrogen) atoms. The molecular formula is C30H39N2O4+. The maximum Gasteiger partial charge on any atom is 0.305 e.